The van der Waals surface area contributed by atoms with E-state index in [1.807, 2.05) is 38.1 Å². The second-order valence-corrected chi connectivity index (χ2v) is 3.94. The second kappa shape index (κ2) is 4.92. The largest absolute Gasteiger partial charge is 0.230 e. The molecule has 0 saturated heterocycles. The lowest BCUT2D eigenvalue weighted by Gasteiger charge is -1.95. The zero-order valence-electron chi connectivity index (χ0n) is 7.86. The Bertz CT molecular complexity index is 316. The minimum atomic E-state index is -1.22. The van der Waals surface area contributed by atoms with E-state index in [9.17, 15) is 4.21 Å². The third-order valence-corrected chi connectivity index (χ3v) is 2.59. The highest BCUT2D eigenvalue weighted by atomic mass is 32.2. The molecule has 1 rings (SSSR count). The standard InChI is InChI=1S/C10H13NOS/c1-3-8-11-13(12)10-6-4-9(2)5-7-10/h4-8H,3H2,1-2H3/t13-/m0/s1. The van der Waals surface area contributed by atoms with Gasteiger partial charge in [0.25, 0.3) is 0 Å². The van der Waals surface area contributed by atoms with Crippen LogP contribution in [0.15, 0.2) is 33.6 Å². The molecule has 0 unspecified atom stereocenters. The molecule has 70 valence electrons. The van der Waals surface area contributed by atoms with Crippen LogP contribution in [-0.2, 0) is 11.0 Å². The van der Waals surface area contributed by atoms with Gasteiger partial charge in [-0.2, -0.15) is 4.40 Å². The Morgan fingerprint density at radius 1 is 1.38 bits per heavy atom. The van der Waals surface area contributed by atoms with Crippen LogP contribution in [0.1, 0.15) is 18.9 Å². The summed E-state index contributed by atoms with van der Waals surface area (Å²) in [6, 6.07) is 7.57. The van der Waals surface area contributed by atoms with Crippen molar-refractivity contribution in [3.63, 3.8) is 0 Å². The molecule has 0 aliphatic carbocycles. The Morgan fingerprint density at radius 2 is 2.00 bits per heavy atom. The molecule has 0 aliphatic rings. The van der Waals surface area contributed by atoms with Crippen LogP contribution in [0.2, 0.25) is 0 Å². The van der Waals surface area contributed by atoms with Crippen LogP contribution in [0.3, 0.4) is 0 Å². The van der Waals surface area contributed by atoms with Gasteiger partial charge < -0.3 is 0 Å². The van der Waals surface area contributed by atoms with Crippen LogP contribution < -0.4 is 0 Å². The number of nitrogens with zero attached hydrogens (tertiary/aromatic N) is 1. The molecule has 0 spiro atoms. The first-order chi connectivity index (χ1) is 6.24. The van der Waals surface area contributed by atoms with Crippen LogP contribution in [0, 0.1) is 6.92 Å². The van der Waals surface area contributed by atoms with Gasteiger partial charge in [-0.1, -0.05) is 24.6 Å². The van der Waals surface area contributed by atoms with E-state index >= 15 is 0 Å². The predicted octanol–water partition coefficient (Wildman–Crippen LogP) is 2.50. The maximum atomic E-state index is 11.4. The Morgan fingerprint density at radius 3 is 2.54 bits per heavy atom. The van der Waals surface area contributed by atoms with Crippen LogP contribution >= 0.6 is 0 Å². The van der Waals surface area contributed by atoms with Gasteiger partial charge in [-0.3, -0.25) is 0 Å². The van der Waals surface area contributed by atoms with Gasteiger partial charge in [0.15, 0.2) is 11.0 Å². The SMILES string of the molecule is CCC=N[S@@](=O)c1ccc(C)cc1. The number of benzene rings is 1. The van der Waals surface area contributed by atoms with Crippen molar-refractivity contribution in [3.8, 4) is 0 Å². The van der Waals surface area contributed by atoms with E-state index in [2.05, 4.69) is 4.40 Å². The molecule has 0 amide bonds. The lowest BCUT2D eigenvalue weighted by Crippen LogP contribution is -1.87. The van der Waals surface area contributed by atoms with E-state index in [1.54, 1.807) is 6.21 Å². The fourth-order valence-electron chi connectivity index (χ4n) is 0.858. The summed E-state index contributed by atoms with van der Waals surface area (Å²) in [7, 11) is -1.22. The molecule has 2 nitrogen and oxygen atoms in total. The van der Waals surface area contributed by atoms with Crippen molar-refractivity contribution in [2.24, 2.45) is 4.40 Å². The molecule has 0 aromatic heterocycles. The molecule has 1 aromatic carbocycles. The van der Waals surface area contributed by atoms with Crippen molar-refractivity contribution in [1.82, 2.24) is 0 Å². The van der Waals surface area contributed by atoms with Gasteiger partial charge in [0.2, 0.25) is 0 Å². The highest BCUT2D eigenvalue weighted by Gasteiger charge is 1.98. The number of hydrogen-bond acceptors (Lipinski definition) is 1. The second-order valence-electron chi connectivity index (χ2n) is 2.76. The fourth-order valence-corrected chi connectivity index (χ4v) is 1.63. The first-order valence-electron chi connectivity index (χ1n) is 4.25. The van der Waals surface area contributed by atoms with Crippen LogP contribution in [0.5, 0.6) is 0 Å². The van der Waals surface area contributed by atoms with Crippen molar-refractivity contribution in [2.75, 3.05) is 0 Å². The van der Waals surface area contributed by atoms with Gasteiger partial charge in [-0.15, -0.1) is 0 Å². The van der Waals surface area contributed by atoms with Gasteiger partial charge in [-0.25, -0.2) is 4.21 Å². The van der Waals surface area contributed by atoms with Gasteiger partial charge >= 0.3 is 0 Å². The Hall–Kier alpha value is -0.960. The third kappa shape index (κ3) is 3.11. The summed E-state index contributed by atoms with van der Waals surface area (Å²) in [6.45, 7) is 3.97. The summed E-state index contributed by atoms with van der Waals surface area (Å²) < 4.78 is 15.3. The topological polar surface area (TPSA) is 29.4 Å². The summed E-state index contributed by atoms with van der Waals surface area (Å²) in [5.74, 6) is 0. The molecule has 0 fully saturated rings. The van der Waals surface area contributed by atoms with Crippen LogP contribution in [0.25, 0.3) is 0 Å². The highest BCUT2D eigenvalue weighted by molar-refractivity contribution is 7.83. The van der Waals surface area contributed by atoms with Crippen LogP contribution in [0.4, 0.5) is 0 Å². The number of hydrogen-bond donors (Lipinski definition) is 0. The number of rotatable bonds is 3. The average Bonchev–Trinajstić information content (AvgIpc) is 2.15. The average molecular weight is 195 g/mol. The maximum absolute atomic E-state index is 11.4. The van der Waals surface area contributed by atoms with Crippen molar-refractivity contribution in [3.05, 3.63) is 29.8 Å². The van der Waals surface area contributed by atoms with Crippen molar-refractivity contribution in [2.45, 2.75) is 25.2 Å². The van der Waals surface area contributed by atoms with E-state index in [4.69, 9.17) is 0 Å². The lowest BCUT2D eigenvalue weighted by molar-refractivity contribution is 0.684. The first-order valence-corrected chi connectivity index (χ1v) is 5.36. The molecule has 0 radical (unpaired) electrons. The van der Waals surface area contributed by atoms with E-state index in [0.717, 1.165) is 11.3 Å². The maximum Gasteiger partial charge on any atom is 0.172 e. The fraction of sp³-hybridized carbons (Fsp3) is 0.300. The molecule has 13 heavy (non-hydrogen) atoms. The quantitative estimate of drug-likeness (QED) is 0.681. The van der Waals surface area contributed by atoms with Crippen molar-refractivity contribution in [1.29, 1.82) is 0 Å². The van der Waals surface area contributed by atoms with Gasteiger partial charge in [0.1, 0.15) is 0 Å². The molecule has 0 saturated carbocycles. The molecule has 0 aliphatic heterocycles. The molecule has 1 aromatic rings. The van der Waals surface area contributed by atoms with Crippen molar-refractivity contribution < 1.29 is 4.21 Å². The Kier molecular flexibility index (Phi) is 3.83. The zero-order valence-corrected chi connectivity index (χ0v) is 8.67. The summed E-state index contributed by atoms with van der Waals surface area (Å²) in [5.41, 5.74) is 1.17. The summed E-state index contributed by atoms with van der Waals surface area (Å²) in [4.78, 5) is 0.760. The molecule has 3 heteroatoms. The summed E-state index contributed by atoms with van der Waals surface area (Å²) in [6.07, 6.45) is 2.49. The van der Waals surface area contributed by atoms with Crippen LogP contribution in [-0.4, -0.2) is 10.4 Å². The molecule has 0 N–H and O–H groups in total. The third-order valence-electron chi connectivity index (χ3n) is 1.58. The lowest BCUT2D eigenvalue weighted by atomic mass is 10.2. The smallest absolute Gasteiger partial charge is 0.172 e. The van der Waals surface area contributed by atoms with E-state index in [1.165, 1.54) is 5.56 Å². The van der Waals surface area contributed by atoms with Gasteiger partial charge in [0.05, 0.1) is 4.90 Å². The zero-order chi connectivity index (χ0) is 9.68. The minimum Gasteiger partial charge on any atom is -0.230 e. The molecular weight excluding hydrogens is 182 g/mol. The highest BCUT2D eigenvalue weighted by Crippen LogP contribution is 2.08. The van der Waals surface area contributed by atoms with E-state index in [0.29, 0.717) is 0 Å². The predicted molar refractivity (Wildman–Crippen MR) is 56.4 cm³/mol. The monoisotopic (exact) mass is 195 g/mol. The summed E-state index contributed by atoms with van der Waals surface area (Å²) >= 11 is 0. The van der Waals surface area contributed by atoms with Crippen molar-refractivity contribution >= 4 is 17.2 Å². The normalized spacial score (nSPS) is 13.4. The molecule has 0 bridgehead atoms. The number of aryl methyl sites for hydroxylation is 1. The van der Waals surface area contributed by atoms with Gasteiger partial charge in [0, 0.05) is 6.21 Å². The van der Waals surface area contributed by atoms with E-state index in [-0.39, 0.29) is 0 Å². The van der Waals surface area contributed by atoms with Gasteiger partial charge in [-0.05, 0) is 25.5 Å². The molecule has 1 atom stereocenters. The van der Waals surface area contributed by atoms with E-state index < -0.39 is 11.0 Å². The Balaban J connectivity index is 2.78. The molecular formula is C10H13NOS. The minimum absolute atomic E-state index is 0.760. The summed E-state index contributed by atoms with van der Waals surface area (Å²) in [5, 5.41) is 0. The Labute approximate surface area is 81.3 Å². The molecule has 0 heterocycles. The first kappa shape index (κ1) is 10.1.